The zero-order valence-electron chi connectivity index (χ0n) is 25.8. The van der Waals surface area contributed by atoms with Crippen LogP contribution in [-0.2, 0) is 22.8 Å². The van der Waals surface area contributed by atoms with E-state index in [1.807, 2.05) is 33.9 Å². The topological polar surface area (TPSA) is 61.6 Å². The molecular formula is C32H39F6NO3SSi. The quantitative estimate of drug-likeness (QED) is 0.156. The van der Waals surface area contributed by atoms with Gasteiger partial charge in [0.05, 0.1) is 15.7 Å². The molecule has 2 N–H and O–H groups in total. The van der Waals surface area contributed by atoms with Gasteiger partial charge in [-0.05, 0) is 85.8 Å². The molecular weight excluding hydrogens is 620 g/mol. The Morgan fingerprint density at radius 3 is 2.02 bits per heavy atom. The van der Waals surface area contributed by atoms with Gasteiger partial charge < -0.3 is 9.16 Å². The van der Waals surface area contributed by atoms with E-state index in [1.165, 1.54) is 12.1 Å². The molecule has 0 aliphatic rings. The Kier molecular flexibility index (Phi) is 10.4. The molecule has 2 atom stereocenters. The van der Waals surface area contributed by atoms with Gasteiger partial charge in [-0.2, -0.15) is 17.6 Å². The normalized spacial score (nSPS) is 15.2. The van der Waals surface area contributed by atoms with E-state index in [1.54, 1.807) is 50.2 Å². The third-order valence-corrected chi connectivity index (χ3v) is 13.8. The number of halogens is 6. The van der Waals surface area contributed by atoms with Crippen molar-refractivity contribution in [1.82, 2.24) is 0 Å². The molecule has 3 aromatic rings. The molecule has 3 rings (SSSR count). The molecule has 44 heavy (non-hydrogen) atoms. The summed E-state index contributed by atoms with van der Waals surface area (Å²) in [6, 6.07) is 15.7. The van der Waals surface area contributed by atoms with Crippen LogP contribution in [0.1, 0.15) is 57.7 Å². The minimum Gasteiger partial charge on any atom is -0.542 e. The van der Waals surface area contributed by atoms with Gasteiger partial charge in [-0.3, -0.25) is 5.14 Å². The highest BCUT2D eigenvalue weighted by Gasteiger charge is 2.46. The zero-order chi connectivity index (χ0) is 33.3. The second-order valence-electron chi connectivity index (χ2n) is 13.1. The maximum atomic E-state index is 15.9. The van der Waals surface area contributed by atoms with Crippen molar-refractivity contribution in [3.05, 3.63) is 95.1 Å². The average Bonchev–Trinajstić information content (AvgIpc) is 2.88. The molecule has 0 radical (unpaired) electrons. The third-order valence-electron chi connectivity index (χ3n) is 8.21. The summed E-state index contributed by atoms with van der Waals surface area (Å²) in [4.78, 5) is 0. The lowest BCUT2D eigenvalue weighted by Crippen LogP contribution is -2.44. The van der Waals surface area contributed by atoms with Crippen LogP contribution in [0.5, 0.6) is 11.5 Å². The van der Waals surface area contributed by atoms with Crippen LogP contribution in [0.25, 0.3) is 0 Å². The number of ether oxygens (including phenoxy) is 1. The Morgan fingerprint density at radius 2 is 1.50 bits per heavy atom. The van der Waals surface area contributed by atoms with Crippen LogP contribution in [0.2, 0.25) is 18.1 Å². The largest absolute Gasteiger partial charge is 0.542 e. The van der Waals surface area contributed by atoms with Crippen LogP contribution < -0.4 is 14.3 Å². The Morgan fingerprint density at radius 1 is 0.886 bits per heavy atom. The second kappa shape index (κ2) is 12.9. The minimum absolute atomic E-state index is 0.00968. The van der Waals surface area contributed by atoms with Crippen LogP contribution in [0.4, 0.5) is 26.3 Å². The number of hydrogen-bond donors (Lipinski definition) is 1. The van der Waals surface area contributed by atoms with E-state index in [2.05, 4.69) is 4.74 Å². The van der Waals surface area contributed by atoms with Gasteiger partial charge in [-0.25, -0.2) is 13.0 Å². The molecule has 0 saturated carbocycles. The molecule has 4 nitrogen and oxygen atoms in total. The highest BCUT2D eigenvalue weighted by atomic mass is 32.2. The van der Waals surface area contributed by atoms with Crippen molar-refractivity contribution in [2.24, 2.45) is 5.14 Å². The summed E-state index contributed by atoms with van der Waals surface area (Å²) in [5.41, 5.74) is -0.483. The molecule has 1 unspecified atom stereocenters. The maximum Gasteiger partial charge on any atom is 0.461 e. The van der Waals surface area contributed by atoms with Crippen LogP contribution in [0, 0.1) is 11.6 Å². The summed E-state index contributed by atoms with van der Waals surface area (Å²) >= 11 is 0. The summed E-state index contributed by atoms with van der Waals surface area (Å²) in [5, 5.41) is 5.64. The third kappa shape index (κ3) is 8.05. The van der Waals surface area contributed by atoms with E-state index >= 15 is 8.78 Å². The van der Waals surface area contributed by atoms with Gasteiger partial charge in [0.2, 0.25) is 0 Å². The summed E-state index contributed by atoms with van der Waals surface area (Å²) in [6.07, 6.45) is -9.12. The number of benzene rings is 3. The minimum atomic E-state index is -4.90. The highest BCUT2D eigenvalue weighted by molar-refractivity contribution is 7.84. The van der Waals surface area contributed by atoms with E-state index in [4.69, 9.17) is 9.56 Å². The molecule has 0 saturated heterocycles. The lowest BCUT2D eigenvalue weighted by atomic mass is 9.66. The standard InChI is InChI=1S/C32H39F6NO3SSi/c1-29(2,3)44(6,7)42-27-14-13-22(17-26(27)34)31(20-30(4,5)43(39)40,19-21-11-9-8-10-12-21)23-15-24(33)18-25(16-23)41-32(37,38)28(35)36/h8-18,28H,19-20,39H2,1-7H3/t31-,43?/m0/s1. The predicted octanol–water partition coefficient (Wildman–Crippen LogP) is 8.91. The molecule has 0 aliphatic carbocycles. The lowest BCUT2D eigenvalue weighted by molar-refractivity contribution is -0.253. The first-order valence-electron chi connectivity index (χ1n) is 13.9. The Labute approximate surface area is 258 Å². The smallest absolute Gasteiger partial charge is 0.461 e. The predicted molar refractivity (Wildman–Crippen MR) is 164 cm³/mol. The van der Waals surface area contributed by atoms with Crippen molar-refractivity contribution < 1.29 is 39.7 Å². The van der Waals surface area contributed by atoms with Crippen molar-refractivity contribution >= 4 is 19.3 Å². The number of alkyl halides is 4. The molecule has 0 bridgehead atoms. The molecule has 3 aromatic carbocycles. The summed E-state index contributed by atoms with van der Waals surface area (Å²) in [5.74, 6) is -2.61. The van der Waals surface area contributed by atoms with Gasteiger partial charge in [-0.1, -0.05) is 57.2 Å². The van der Waals surface area contributed by atoms with E-state index in [-0.39, 0.29) is 34.8 Å². The van der Waals surface area contributed by atoms with Crippen LogP contribution in [0.15, 0.2) is 66.7 Å². The number of rotatable bonds is 12. The van der Waals surface area contributed by atoms with Crippen molar-refractivity contribution in [2.45, 2.75) is 88.3 Å². The van der Waals surface area contributed by atoms with Crippen molar-refractivity contribution in [1.29, 1.82) is 0 Å². The number of nitrogens with two attached hydrogens (primary N) is 1. The molecule has 242 valence electrons. The molecule has 0 aliphatic heterocycles. The number of hydrogen-bond acceptors (Lipinski definition) is 3. The second-order valence-corrected chi connectivity index (χ2v) is 19.6. The van der Waals surface area contributed by atoms with Crippen LogP contribution in [0.3, 0.4) is 0 Å². The van der Waals surface area contributed by atoms with E-state index in [0.29, 0.717) is 11.6 Å². The Balaban J connectivity index is 2.35. The van der Waals surface area contributed by atoms with Crippen LogP contribution >= 0.6 is 0 Å². The first kappa shape index (κ1) is 35.6. The van der Waals surface area contributed by atoms with Crippen molar-refractivity contribution in [3.63, 3.8) is 0 Å². The molecule has 0 aromatic heterocycles. The monoisotopic (exact) mass is 659 g/mol. The summed E-state index contributed by atoms with van der Waals surface area (Å²) in [6.45, 7) is 13.2. The molecule has 12 heteroatoms. The Hall–Kier alpha value is -2.83. The first-order valence-corrected chi connectivity index (χ1v) is 18.1. The SMILES string of the molecule is CC(C)(C[C@](Cc1ccccc1)(c1cc(F)cc(OC(F)(F)C(F)F)c1)c1ccc(O[Si](C)(C)C(C)(C)C)c(F)c1)S(N)=O. The van der Waals surface area contributed by atoms with E-state index in [9.17, 15) is 21.8 Å². The molecule has 0 amide bonds. The fourth-order valence-electron chi connectivity index (χ4n) is 4.79. The Bertz CT molecular complexity index is 1480. The van der Waals surface area contributed by atoms with Gasteiger partial charge in [0, 0.05) is 11.5 Å². The van der Waals surface area contributed by atoms with Gasteiger partial charge in [0.15, 0.2) is 5.82 Å². The highest BCUT2D eigenvalue weighted by Crippen LogP contribution is 2.46. The fraction of sp³-hybridized carbons (Fsp3) is 0.438. The first-order chi connectivity index (χ1) is 20.1. The van der Waals surface area contributed by atoms with Crippen molar-refractivity contribution in [3.8, 4) is 11.5 Å². The van der Waals surface area contributed by atoms with Gasteiger partial charge in [-0.15, -0.1) is 0 Å². The molecule has 0 spiro atoms. The van der Waals surface area contributed by atoms with Crippen molar-refractivity contribution in [2.75, 3.05) is 0 Å². The van der Waals surface area contributed by atoms with Gasteiger partial charge >= 0.3 is 12.5 Å². The summed E-state index contributed by atoms with van der Waals surface area (Å²) < 4.78 is 107. The lowest BCUT2D eigenvalue weighted by Gasteiger charge is -2.41. The van der Waals surface area contributed by atoms with E-state index < -0.39 is 59.4 Å². The molecule has 0 heterocycles. The van der Waals surface area contributed by atoms with E-state index in [0.717, 1.165) is 12.1 Å². The molecule has 0 fully saturated rings. The van der Waals surface area contributed by atoms with Gasteiger partial charge in [0.25, 0.3) is 8.32 Å². The summed E-state index contributed by atoms with van der Waals surface area (Å²) in [7, 11) is -4.41. The average molecular weight is 660 g/mol. The zero-order valence-corrected chi connectivity index (χ0v) is 27.6. The van der Waals surface area contributed by atoms with Crippen LogP contribution in [-0.4, -0.2) is 29.8 Å². The van der Waals surface area contributed by atoms with Gasteiger partial charge in [0.1, 0.15) is 17.3 Å². The fourth-order valence-corrected chi connectivity index (χ4v) is 6.20. The maximum absolute atomic E-state index is 15.9.